The van der Waals surface area contributed by atoms with Crippen LogP contribution in [0.1, 0.15) is 25.7 Å². The molecule has 2 fully saturated rings. The van der Waals surface area contributed by atoms with E-state index in [1.165, 1.54) is 12.0 Å². The first-order chi connectivity index (χ1) is 4.75. The second kappa shape index (κ2) is 1.94. The summed E-state index contributed by atoms with van der Waals surface area (Å²) in [7, 11) is 0. The molecule has 0 amide bonds. The number of Topliss-reactive ketones (excluding diaryl/α,β-unsaturated/α-hetero) is 1. The van der Waals surface area contributed by atoms with Crippen LogP contribution < -0.4 is 0 Å². The molecular formula is C9H12O. The van der Waals surface area contributed by atoms with Gasteiger partial charge in [0.25, 0.3) is 0 Å². The van der Waals surface area contributed by atoms with E-state index in [2.05, 4.69) is 6.58 Å². The van der Waals surface area contributed by atoms with Crippen LogP contribution >= 0.6 is 0 Å². The van der Waals surface area contributed by atoms with Crippen LogP contribution in [0.2, 0.25) is 0 Å². The summed E-state index contributed by atoms with van der Waals surface area (Å²) in [6.07, 6.45) is 3.98. The Bertz CT molecular complexity index is 191. The highest BCUT2D eigenvalue weighted by Gasteiger charge is 2.35. The van der Waals surface area contributed by atoms with Crippen molar-refractivity contribution in [2.24, 2.45) is 11.8 Å². The zero-order valence-corrected chi connectivity index (χ0v) is 6.10. The predicted octanol–water partition coefficient (Wildman–Crippen LogP) is 1.93. The predicted molar refractivity (Wildman–Crippen MR) is 39.6 cm³/mol. The number of rotatable bonds is 0. The molecule has 54 valence electrons. The Morgan fingerprint density at radius 3 is 2.80 bits per heavy atom. The van der Waals surface area contributed by atoms with Gasteiger partial charge in [-0.2, -0.15) is 0 Å². The van der Waals surface area contributed by atoms with E-state index in [9.17, 15) is 4.79 Å². The van der Waals surface area contributed by atoms with Crippen molar-refractivity contribution < 1.29 is 4.79 Å². The summed E-state index contributed by atoms with van der Waals surface area (Å²) in [4.78, 5) is 11.0. The fraction of sp³-hybridized carbons (Fsp3) is 0.667. The zero-order valence-electron chi connectivity index (χ0n) is 6.10. The summed E-state index contributed by atoms with van der Waals surface area (Å²) in [5, 5.41) is 0. The largest absolute Gasteiger partial charge is 0.300 e. The van der Waals surface area contributed by atoms with Crippen molar-refractivity contribution in [3.8, 4) is 0 Å². The van der Waals surface area contributed by atoms with E-state index in [0.717, 1.165) is 19.3 Å². The third-order valence-electron chi connectivity index (χ3n) is 2.74. The van der Waals surface area contributed by atoms with Gasteiger partial charge in [-0.3, -0.25) is 4.79 Å². The normalized spacial score (nSPS) is 38.8. The molecule has 2 bridgehead atoms. The fourth-order valence-electron chi connectivity index (χ4n) is 2.25. The lowest BCUT2D eigenvalue weighted by Gasteiger charge is -2.16. The van der Waals surface area contributed by atoms with Gasteiger partial charge in [0, 0.05) is 12.8 Å². The van der Waals surface area contributed by atoms with Crippen LogP contribution in [0.3, 0.4) is 0 Å². The van der Waals surface area contributed by atoms with Gasteiger partial charge in [-0.15, -0.1) is 0 Å². The van der Waals surface area contributed by atoms with Gasteiger partial charge in [0.1, 0.15) is 5.78 Å². The minimum absolute atomic E-state index is 0.458. The highest BCUT2D eigenvalue weighted by atomic mass is 16.1. The molecule has 1 heteroatoms. The van der Waals surface area contributed by atoms with Crippen molar-refractivity contribution in [2.75, 3.05) is 0 Å². The first-order valence-electron chi connectivity index (χ1n) is 3.95. The Hall–Kier alpha value is -0.590. The van der Waals surface area contributed by atoms with Crippen LogP contribution in [-0.4, -0.2) is 5.78 Å². The Kier molecular flexibility index (Phi) is 1.19. The summed E-state index contributed by atoms with van der Waals surface area (Å²) in [5.74, 6) is 1.69. The van der Waals surface area contributed by atoms with Gasteiger partial charge in [-0.05, 0) is 24.7 Å². The van der Waals surface area contributed by atoms with Crippen molar-refractivity contribution in [3.63, 3.8) is 0 Å². The van der Waals surface area contributed by atoms with Crippen LogP contribution in [-0.2, 0) is 4.79 Å². The lowest BCUT2D eigenvalue weighted by molar-refractivity contribution is -0.121. The fourth-order valence-corrected chi connectivity index (χ4v) is 2.25. The van der Waals surface area contributed by atoms with E-state index >= 15 is 0 Å². The SMILES string of the molecule is C=C1CC2CC(=O)CC1C2. The molecule has 0 N–H and O–H groups in total. The monoisotopic (exact) mass is 136 g/mol. The van der Waals surface area contributed by atoms with E-state index in [1.807, 2.05) is 0 Å². The average Bonchev–Trinajstić information content (AvgIpc) is 2.07. The minimum Gasteiger partial charge on any atom is -0.300 e. The standard InChI is InChI=1S/C9H12O/c1-6-2-7-3-8(6)5-9(10)4-7/h7-8H,1-5H2. The summed E-state index contributed by atoms with van der Waals surface area (Å²) in [6.45, 7) is 3.98. The van der Waals surface area contributed by atoms with E-state index < -0.39 is 0 Å². The molecule has 0 aromatic carbocycles. The molecule has 0 aromatic rings. The van der Waals surface area contributed by atoms with Gasteiger partial charge < -0.3 is 0 Å². The third kappa shape index (κ3) is 0.808. The molecule has 0 saturated heterocycles. The van der Waals surface area contributed by atoms with Crippen LogP contribution in [0, 0.1) is 11.8 Å². The molecule has 2 aliphatic carbocycles. The van der Waals surface area contributed by atoms with Crippen LogP contribution in [0.25, 0.3) is 0 Å². The number of carbonyl (C=O) groups excluding carboxylic acids is 1. The van der Waals surface area contributed by atoms with Gasteiger partial charge in [-0.25, -0.2) is 0 Å². The summed E-state index contributed by atoms with van der Waals surface area (Å²) < 4.78 is 0. The quantitative estimate of drug-likeness (QED) is 0.465. The van der Waals surface area contributed by atoms with E-state index in [1.54, 1.807) is 0 Å². The van der Waals surface area contributed by atoms with Crippen molar-refractivity contribution in [2.45, 2.75) is 25.7 Å². The summed E-state index contributed by atoms with van der Waals surface area (Å²) in [6, 6.07) is 0. The van der Waals surface area contributed by atoms with Gasteiger partial charge in [0.15, 0.2) is 0 Å². The maximum Gasteiger partial charge on any atom is 0.133 e. The van der Waals surface area contributed by atoms with E-state index in [-0.39, 0.29) is 0 Å². The maximum atomic E-state index is 11.0. The Morgan fingerprint density at radius 2 is 2.10 bits per heavy atom. The number of ketones is 1. The van der Waals surface area contributed by atoms with Crippen LogP contribution in [0.5, 0.6) is 0 Å². The molecule has 10 heavy (non-hydrogen) atoms. The summed E-state index contributed by atoms with van der Waals surface area (Å²) in [5.41, 5.74) is 1.33. The topological polar surface area (TPSA) is 17.1 Å². The molecule has 1 nitrogen and oxygen atoms in total. The maximum absolute atomic E-state index is 11.0. The second-order valence-electron chi connectivity index (χ2n) is 3.61. The number of hydrogen-bond donors (Lipinski definition) is 0. The first kappa shape index (κ1) is 6.14. The highest BCUT2D eigenvalue weighted by Crippen LogP contribution is 2.43. The average molecular weight is 136 g/mol. The van der Waals surface area contributed by atoms with Gasteiger partial charge in [-0.1, -0.05) is 12.2 Å². The molecule has 0 aliphatic heterocycles. The van der Waals surface area contributed by atoms with Crippen molar-refractivity contribution in [1.82, 2.24) is 0 Å². The molecule has 0 heterocycles. The van der Waals surface area contributed by atoms with Crippen molar-refractivity contribution in [3.05, 3.63) is 12.2 Å². The molecule has 0 aromatic heterocycles. The lowest BCUT2D eigenvalue weighted by atomic mass is 9.88. The molecule has 2 rings (SSSR count). The molecule has 2 aliphatic rings. The Balaban J connectivity index is 2.20. The van der Waals surface area contributed by atoms with E-state index in [0.29, 0.717) is 17.6 Å². The Labute approximate surface area is 61.1 Å². The van der Waals surface area contributed by atoms with Gasteiger partial charge >= 0.3 is 0 Å². The number of allylic oxidation sites excluding steroid dienone is 1. The highest BCUT2D eigenvalue weighted by molar-refractivity contribution is 5.80. The number of hydrogen-bond acceptors (Lipinski definition) is 1. The smallest absolute Gasteiger partial charge is 0.133 e. The first-order valence-corrected chi connectivity index (χ1v) is 3.95. The third-order valence-corrected chi connectivity index (χ3v) is 2.74. The van der Waals surface area contributed by atoms with Crippen LogP contribution in [0.15, 0.2) is 12.2 Å². The minimum atomic E-state index is 0.458. The molecule has 0 radical (unpaired) electrons. The van der Waals surface area contributed by atoms with Crippen molar-refractivity contribution in [1.29, 1.82) is 0 Å². The van der Waals surface area contributed by atoms with E-state index in [4.69, 9.17) is 0 Å². The van der Waals surface area contributed by atoms with Crippen molar-refractivity contribution >= 4 is 5.78 Å². The van der Waals surface area contributed by atoms with Gasteiger partial charge in [0.2, 0.25) is 0 Å². The number of fused-ring (bicyclic) bond motifs is 2. The van der Waals surface area contributed by atoms with Gasteiger partial charge in [0.05, 0.1) is 0 Å². The second-order valence-corrected chi connectivity index (χ2v) is 3.61. The van der Waals surface area contributed by atoms with Crippen LogP contribution in [0.4, 0.5) is 0 Å². The molecule has 2 unspecified atom stereocenters. The zero-order chi connectivity index (χ0) is 7.14. The lowest BCUT2D eigenvalue weighted by Crippen LogP contribution is -2.14. The molecular weight excluding hydrogens is 124 g/mol. The Morgan fingerprint density at radius 1 is 1.30 bits per heavy atom. The molecule has 2 saturated carbocycles. The number of carbonyl (C=O) groups is 1. The summed E-state index contributed by atoms with van der Waals surface area (Å²) >= 11 is 0. The molecule has 2 atom stereocenters. The molecule has 0 spiro atoms.